The van der Waals surface area contributed by atoms with Gasteiger partial charge >= 0.3 is 0 Å². The van der Waals surface area contributed by atoms with Crippen LogP contribution < -0.4 is 10.1 Å². The van der Waals surface area contributed by atoms with Gasteiger partial charge in [0, 0.05) is 4.88 Å². The molecule has 0 radical (unpaired) electrons. The topological polar surface area (TPSA) is 47.0 Å². The second-order valence-corrected chi connectivity index (χ2v) is 8.58. The number of hydrogen-bond acceptors (Lipinski definition) is 5. The van der Waals surface area contributed by atoms with Crippen molar-refractivity contribution < 1.29 is 4.74 Å². The van der Waals surface area contributed by atoms with Gasteiger partial charge in [0.1, 0.15) is 16.4 Å². The zero-order valence-corrected chi connectivity index (χ0v) is 16.7. The highest BCUT2D eigenvalue weighted by Gasteiger charge is 2.24. The summed E-state index contributed by atoms with van der Waals surface area (Å²) in [5.41, 5.74) is 2.27. The molecule has 26 heavy (non-hydrogen) atoms. The van der Waals surface area contributed by atoms with Gasteiger partial charge < -0.3 is 10.1 Å². The van der Waals surface area contributed by atoms with Crippen LogP contribution in [0.15, 0.2) is 24.3 Å². The van der Waals surface area contributed by atoms with Gasteiger partial charge in [-0.25, -0.2) is 4.98 Å². The quantitative estimate of drug-likeness (QED) is 0.557. The Balaban J connectivity index is 1.80. The van der Waals surface area contributed by atoms with Crippen LogP contribution in [-0.2, 0) is 12.8 Å². The molecule has 4 nitrogen and oxygen atoms in total. The number of para-hydroxylation sites is 2. The molecule has 0 saturated heterocycles. The molecule has 1 N–H and O–H groups in total. The number of fused-ring (bicyclic) bond motifs is 3. The van der Waals surface area contributed by atoms with E-state index < -0.39 is 0 Å². The molecule has 0 saturated carbocycles. The molecular formula is C20H22ClN3OS. The molecule has 1 atom stereocenters. The van der Waals surface area contributed by atoms with Gasteiger partial charge in [-0.05, 0) is 68.3 Å². The first kappa shape index (κ1) is 17.6. The summed E-state index contributed by atoms with van der Waals surface area (Å²) in [6, 6.07) is 7.92. The van der Waals surface area contributed by atoms with Crippen LogP contribution in [0.2, 0.25) is 5.28 Å². The van der Waals surface area contributed by atoms with E-state index in [-0.39, 0.29) is 11.4 Å². The predicted octanol–water partition coefficient (Wildman–Crippen LogP) is 6.00. The van der Waals surface area contributed by atoms with Crippen LogP contribution in [0.4, 0.5) is 11.5 Å². The van der Waals surface area contributed by atoms with Gasteiger partial charge in [-0.2, -0.15) is 4.98 Å². The summed E-state index contributed by atoms with van der Waals surface area (Å²) < 4.78 is 5.93. The molecule has 3 aromatic rings. The summed E-state index contributed by atoms with van der Waals surface area (Å²) in [6.07, 6.45) is 3.48. The van der Waals surface area contributed by atoms with E-state index in [1.807, 2.05) is 38.1 Å². The van der Waals surface area contributed by atoms with Crippen molar-refractivity contribution in [3.05, 3.63) is 40.0 Å². The maximum atomic E-state index is 6.22. The van der Waals surface area contributed by atoms with E-state index in [2.05, 4.69) is 22.2 Å². The summed E-state index contributed by atoms with van der Waals surface area (Å²) >= 11 is 7.97. The fourth-order valence-corrected chi connectivity index (χ4v) is 5.06. The minimum atomic E-state index is 0.0994. The van der Waals surface area contributed by atoms with Gasteiger partial charge in [0.05, 0.1) is 17.2 Å². The van der Waals surface area contributed by atoms with Gasteiger partial charge in [0.2, 0.25) is 5.28 Å². The summed E-state index contributed by atoms with van der Waals surface area (Å²) in [5, 5.41) is 4.84. The van der Waals surface area contributed by atoms with E-state index >= 15 is 0 Å². The van der Waals surface area contributed by atoms with Crippen LogP contribution in [-0.4, -0.2) is 16.1 Å². The minimum Gasteiger partial charge on any atom is -0.489 e. The Labute approximate surface area is 162 Å². The maximum absolute atomic E-state index is 6.22. The number of thiophene rings is 1. The van der Waals surface area contributed by atoms with Gasteiger partial charge in [-0.3, -0.25) is 0 Å². The lowest BCUT2D eigenvalue weighted by atomic mass is 9.89. The van der Waals surface area contributed by atoms with Crippen molar-refractivity contribution in [3.8, 4) is 5.75 Å². The fraction of sp³-hybridized carbons (Fsp3) is 0.400. The Morgan fingerprint density at radius 3 is 2.88 bits per heavy atom. The normalized spacial score (nSPS) is 16.7. The second-order valence-electron chi connectivity index (χ2n) is 7.16. The number of halogens is 1. The number of hydrogen-bond donors (Lipinski definition) is 1. The first-order valence-electron chi connectivity index (χ1n) is 9.01. The first-order valence-corrected chi connectivity index (χ1v) is 10.2. The highest BCUT2D eigenvalue weighted by molar-refractivity contribution is 7.19. The molecule has 136 valence electrons. The Hall–Kier alpha value is -1.85. The number of nitrogens with one attached hydrogen (secondary N) is 1. The monoisotopic (exact) mass is 387 g/mol. The maximum Gasteiger partial charge on any atom is 0.225 e. The Bertz CT molecular complexity index is 954. The van der Waals surface area contributed by atoms with Gasteiger partial charge in [0.15, 0.2) is 0 Å². The van der Waals surface area contributed by atoms with Gasteiger partial charge in [0.25, 0.3) is 0 Å². The van der Waals surface area contributed by atoms with Crippen LogP contribution in [0.1, 0.15) is 37.6 Å². The van der Waals surface area contributed by atoms with Crippen molar-refractivity contribution in [1.82, 2.24) is 9.97 Å². The second kappa shape index (κ2) is 7.05. The predicted molar refractivity (Wildman–Crippen MR) is 109 cm³/mol. The molecule has 4 rings (SSSR count). The zero-order valence-electron chi connectivity index (χ0n) is 15.2. The summed E-state index contributed by atoms with van der Waals surface area (Å²) in [6.45, 7) is 6.35. The third-order valence-electron chi connectivity index (χ3n) is 4.63. The van der Waals surface area contributed by atoms with E-state index in [4.69, 9.17) is 16.3 Å². The minimum absolute atomic E-state index is 0.0994. The van der Waals surface area contributed by atoms with Crippen LogP contribution in [0.5, 0.6) is 5.75 Å². The molecule has 1 aliphatic carbocycles. The van der Waals surface area contributed by atoms with Gasteiger partial charge in [-0.1, -0.05) is 19.1 Å². The molecule has 1 aliphatic rings. The van der Waals surface area contributed by atoms with E-state index in [1.54, 1.807) is 11.3 Å². The van der Waals surface area contributed by atoms with Crippen molar-refractivity contribution in [3.63, 3.8) is 0 Å². The van der Waals surface area contributed by atoms with E-state index in [0.717, 1.165) is 46.2 Å². The van der Waals surface area contributed by atoms with Crippen molar-refractivity contribution in [2.24, 2.45) is 5.92 Å². The highest BCUT2D eigenvalue weighted by Crippen LogP contribution is 2.41. The van der Waals surface area contributed by atoms with E-state index in [1.165, 1.54) is 16.9 Å². The summed E-state index contributed by atoms with van der Waals surface area (Å²) in [4.78, 5) is 11.4. The number of aromatic nitrogens is 2. The number of anilines is 2. The molecule has 6 heteroatoms. The molecule has 2 heterocycles. The molecule has 1 aromatic carbocycles. The van der Waals surface area contributed by atoms with Gasteiger partial charge in [-0.15, -0.1) is 11.3 Å². The highest BCUT2D eigenvalue weighted by atomic mass is 35.5. The molecule has 0 aliphatic heterocycles. The Morgan fingerprint density at radius 1 is 1.27 bits per heavy atom. The molecule has 1 unspecified atom stereocenters. The summed E-state index contributed by atoms with van der Waals surface area (Å²) in [5.74, 6) is 2.30. The molecule has 0 amide bonds. The number of nitrogens with zero attached hydrogens (tertiary/aromatic N) is 2. The molecule has 2 aromatic heterocycles. The fourth-order valence-electron chi connectivity index (χ4n) is 3.46. The lowest BCUT2D eigenvalue weighted by Crippen LogP contribution is -2.09. The SMILES string of the molecule is CC1CCc2c(sc3nc(Cl)nc(Nc4ccccc4OC(C)C)c23)C1. The smallest absolute Gasteiger partial charge is 0.225 e. The number of benzene rings is 1. The van der Waals surface area contributed by atoms with Crippen LogP contribution in [0, 0.1) is 5.92 Å². The third-order valence-corrected chi connectivity index (χ3v) is 5.95. The van der Waals surface area contributed by atoms with Crippen molar-refractivity contribution in [2.45, 2.75) is 46.1 Å². The molecule has 0 bridgehead atoms. The first-order chi connectivity index (χ1) is 12.5. The van der Waals surface area contributed by atoms with Crippen LogP contribution >= 0.6 is 22.9 Å². The van der Waals surface area contributed by atoms with Crippen molar-refractivity contribution >= 4 is 44.7 Å². The summed E-state index contributed by atoms with van der Waals surface area (Å²) in [7, 11) is 0. The van der Waals surface area contributed by atoms with Crippen LogP contribution in [0.25, 0.3) is 10.2 Å². The van der Waals surface area contributed by atoms with Crippen LogP contribution in [0.3, 0.4) is 0 Å². The zero-order chi connectivity index (χ0) is 18.3. The molecule has 0 fully saturated rings. The number of rotatable bonds is 4. The third kappa shape index (κ3) is 3.38. The number of ether oxygens (including phenoxy) is 1. The number of aryl methyl sites for hydroxylation is 1. The Morgan fingerprint density at radius 2 is 2.08 bits per heavy atom. The Kier molecular flexibility index (Phi) is 4.76. The average molecular weight is 388 g/mol. The lowest BCUT2D eigenvalue weighted by molar-refractivity contribution is 0.244. The molecular weight excluding hydrogens is 366 g/mol. The largest absolute Gasteiger partial charge is 0.489 e. The standard InChI is InChI=1S/C20H22ClN3OS/c1-11(2)25-15-7-5-4-6-14(15)22-18-17-13-9-8-12(3)10-16(13)26-19(17)24-20(21)23-18/h4-7,11-12H,8-10H2,1-3H3,(H,22,23,24). The van der Waals surface area contributed by atoms with Crippen molar-refractivity contribution in [2.75, 3.05) is 5.32 Å². The average Bonchev–Trinajstić information content (AvgIpc) is 2.93. The molecule has 0 spiro atoms. The van der Waals surface area contributed by atoms with E-state index in [9.17, 15) is 0 Å². The lowest BCUT2D eigenvalue weighted by Gasteiger charge is -2.19. The van der Waals surface area contributed by atoms with Crippen molar-refractivity contribution in [1.29, 1.82) is 0 Å². The van der Waals surface area contributed by atoms with E-state index in [0.29, 0.717) is 0 Å².